The standard InChI is InChI=1S/C18H38O11Si3/c1-8-25-18-17(24)16(23)15(22)12(27-18)9-26-14(21)11-31(4,5)29-32(6,7)28-30(2,3)10-13(19)20/h12,15-18,22-24H,8-11H2,1-7H3,(H,19,20). The molecule has 0 radical (unpaired) electrons. The molecule has 0 bridgehead atoms. The third kappa shape index (κ3) is 9.66. The van der Waals surface area contributed by atoms with Gasteiger partial charge in [0, 0.05) is 6.61 Å². The van der Waals surface area contributed by atoms with Gasteiger partial charge < -0.3 is 42.9 Å². The van der Waals surface area contributed by atoms with Gasteiger partial charge in [0.15, 0.2) is 22.9 Å². The van der Waals surface area contributed by atoms with E-state index in [9.17, 15) is 24.9 Å². The molecule has 0 saturated carbocycles. The number of carboxylic acids is 1. The molecule has 0 aliphatic carbocycles. The number of aliphatic hydroxyl groups excluding tert-OH is 3. The molecule has 0 amide bonds. The van der Waals surface area contributed by atoms with Crippen LogP contribution in [0.2, 0.25) is 51.4 Å². The summed E-state index contributed by atoms with van der Waals surface area (Å²) in [4.78, 5) is 23.5. The molecule has 1 saturated heterocycles. The Bertz CT molecular complexity index is 644. The number of ether oxygens (including phenoxy) is 3. The molecule has 0 aromatic heterocycles. The number of hydrogen-bond donors (Lipinski definition) is 4. The third-order valence-corrected chi connectivity index (χ3v) is 15.2. The van der Waals surface area contributed by atoms with E-state index in [0.29, 0.717) is 0 Å². The summed E-state index contributed by atoms with van der Waals surface area (Å²) in [5.74, 6) is -1.47. The molecule has 0 aromatic rings. The molecule has 188 valence electrons. The molecule has 1 aliphatic heterocycles. The predicted molar refractivity (Wildman–Crippen MR) is 121 cm³/mol. The van der Waals surface area contributed by atoms with Crippen molar-refractivity contribution in [2.24, 2.45) is 0 Å². The quantitative estimate of drug-likeness (QED) is 0.213. The summed E-state index contributed by atoms with van der Waals surface area (Å²) in [5, 5.41) is 39.1. The molecule has 1 fully saturated rings. The van der Waals surface area contributed by atoms with Gasteiger partial charge in [0.1, 0.15) is 31.0 Å². The van der Waals surface area contributed by atoms with Crippen molar-refractivity contribution in [3.05, 3.63) is 0 Å². The molecule has 32 heavy (non-hydrogen) atoms. The Morgan fingerprint density at radius 3 is 1.91 bits per heavy atom. The molecule has 0 spiro atoms. The first-order valence-electron chi connectivity index (χ1n) is 10.6. The van der Waals surface area contributed by atoms with Gasteiger partial charge in [-0.05, 0) is 46.2 Å². The minimum absolute atomic E-state index is 0.0105. The van der Waals surface area contributed by atoms with Crippen molar-refractivity contribution in [3.8, 4) is 0 Å². The zero-order chi connectivity index (χ0) is 24.9. The van der Waals surface area contributed by atoms with E-state index < -0.39 is 67.8 Å². The van der Waals surface area contributed by atoms with Crippen LogP contribution in [0, 0.1) is 0 Å². The van der Waals surface area contributed by atoms with Crippen LogP contribution in [0.15, 0.2) is 0 Å². The number of carboxylic acid groups (broad SMARTS) is 1. The highest BCUT2D eigenvalue weighted by Crippen LogP contribution is 2.26. The van der Waals surface area contributed by atoms with Crippen molar-refractivity contribution in [1.82, 2.24) is 0 Å². The molecule has 5 unspecified atom stereocenters. The van der Waals surface area contributed by atoms with Crippen LogP contribution in [-0.4, -0.2) is 101 Å². The molecular formula is C18H38O11Si3. The van der Waals surface area contributed by atoms with Crippen LogP contribution in [0.1, 0.15) is 6.92 Å². The Kier molecular flexibility index (Phi) is 10.7. The topological polar surface area (TPSA) is 161 Å². The second kappa shape index (κ2) is 11.6. The fraction of sp³-hybridized carbons (Fsp3) is 0.889. The molecular weight excluding hydrogens is 476 g/mol. The normalized spacial score (nSPS) is 27.2. The first-order valence-corrected chi connectivity index (χ1v) is 19.6. The molecule has 14 heteroatoms. The zero-order valence-electron chi connectivity index (χ0n) is 19.9. The number of esters is 1. The van der Waals surface area contributed by atoms with Gasteiger partial charge in [-0.3, -0.25) is 9.59 Å². The van der Waals surface area contributed by atoms with Crippen molar-refractivity contribution in [2.75, 3.05) is 13.2 Å². The summed E-state index contributed by atoms with van der Waals surface area (Å²) in [7, 11) is -7.74. The maximum atomic E-state index is 12.4. The number of aliphatic hydroxyl groups is 3. The lowest BCUT2D eigenvalue weighted by molar-refractivity contribution is -0.300. The number of carbonyl (C=O) groups excluding carboxylic acids is 1. The highest BCUT2D eigenvalue weighted by Gasteiger charge is 2.45. The molecule has 11 nitrogen and oxygen atoms in total. The molecule has 4 N–H and O–H groups in total. The van der Waals surface area contributed by atoms with E-state index in [4.69, 9.17) is 27.5 Å². The van der Waals surface area contributed by atoms with Crippen LogP contribution in [-0.2, 0) is 32.0 Å². The van der Waals surface area contributed by atoms with Gasteiger partial charge in [-0.2, -0.15) is 0 Å². The molecule has 5 atom stereocenters. The van der Waals surface area contributed by atoms with Crippen molar-refractivity contribution >= 4 is 37.1 Å². The Balaban J connectivity index is 2.64. The highest BCUT2D eigenvalue weighted by molar-refractivity contribution is 6.89. The minimum Gasteiger partial charge on any atom is -0.481 e. The second-order valence-electron chi connectivity index (χ2n) is 9.52. The van der Waals surface area contributed by atoms with E-state index in [2.05, 4.69) is 0 Å². The maximum absolute atomic E-state index is 12.4. The number of carbonyl (C=O) groups is 2. The minimum atomic E-state index is -2.70. The van der Waals surface area contributed by atoms with Crippen molar-refractivity contribution < 1.29 is 52.5 Å². The van der Waals surface area contributed by atoms with Gasteiger partial charge in [-0.15, -0.1) is 0 Å². The molecule has 1 heterocycles. The number of aliphatic carboxylic acids is 1. The SMILES string of the molecule is CCOC1OC(COC(=O)C[Si](C)(C)O[Si](C)(C)O[Si](C)(C)CC(=O)O)C(O)C(O)C1O. The van der Waals surface area contributed by atoms with E-state index in [-0.39, 0.29) is 25.3 Å². The predicted octanol–water partition coefficient (Wildman–Crippen LogP) is 0.604. The van der Waals surface area contributed by atoms with Gasteiger partial charge in [0.2, 0.25) is 0 Å². The van der Waals surface area contributed by atoms with E-state index in [1.807, 2.05) is 39.3 Å². The summed E-state index contributed by atoms with van der Waals surface area (Å²) in [6.45, 7) is 12.6. The monoisotopic (exact) mass is 514 g/mol. The van der Waals surface area contributed by atoms with Gasteiger partial charge in [0.05, 0.1) is 12.1 Å². The first-order chi connectivity index (χ1) is 14.5. The average Bonchev–Trinajstić information content (AvgIpc) is 2.57. The third-order valence-electron chi connectivity index (χ3n) is 4.60. The van der Waals surface area contributed by atoms with Crippen LogP contribution in [0.4, 0.5) is 0 Å². The summed E-state index contributed by atoms with van der Waals surface area (Å²) < 4.78 is 28.2. The smallest absolute Gasteiger partial charge is 0.311 e. The summed E-state index contributed by atoms with van der Waals surface area (Å²) in [6.07, 6.45) is -6.56. The van der Waals surface area contributed by atoms with Gasteiger partial charge in [-0.25, -0.2) is 0 Å². The van der Waals surface area contributed by atoms with Crippen molar-refractivity contribution in [2.45, 2.75) is 89.0 Å². The van der Waals surface area contributed by atoms with E-state index in [1.165, 1.54) is 0 Å². The lowest BCUT2D eigenvalue weighted by Gasteiger charge is -2.40. The van der Waals surface area contributed by atoms with Crippen molar-refractivity contribution in [1.29, 1.82) is 0 Å². The van der Waals surface area contributed by atoms with E-state index >= 15 is 0 Å². The highest BCUT2D eigenvalue weighted by atomic mass is 28.5. The van der Waals surface area contributed by atoms with Crippen LogP contribution < -0.4 is 0 Å². The van der Waals surface area contributed by atoms with E-state index in [0.717, 1.165) is 0 Å². The fourth-order valence-electron chi connectivity index (χ4n) is 3.72. The van der Waals surface area contributed by atoms with Gasteiger partial charge in [-0.1, -0.05) is 0 Å². The van der Waals surface area contributed by atoms with Crippen LogP contribution in [0.3, 0.4) is 0 Å². The maximum Gasteiger partial charge on any atom is 0.311 e. The lowest BCUT2D eigenvalue weighted by atomic mass is 9.99. The van der Waals surface area contributed by atoms with Crippen LogP contribution >= 0.6 is 0 Å². The van der Waals surface area contributed by atoms with Crippen molar-refractivity contribution in [3.63, 3.8) is 0 Å². The summed E-state index contributed by atoms with van der Waals surface area (Å²) in [5.41, 5.74) is 0. The fourth-order valence-corrected chi connectivity index (χ4v) is 17.0. The lowest BCUT2D eigenvalue weighted by Crippen LogP contribution is -2.59. The summed E-state index contributed by atoms with van der Waals surface area (Å²) >= 11 is 0. The molecule has 1 aliphatic rings. The van der Waals surface area contributed by atoms with Crippen LogP contribution in [0.5, 0.6) is 0 Å². The molecule has 1 rings (SSSR count). The number of rotatable bonds is 12. The Labute approximate surface area is 192 Å². The Morgan fingerprint density at radius 2 is 1.41 bits per heavy atom. The largest absolute Gasteiger partial charge is 0.481 e. The Hall–Kier alpha value is -0.689. The first kappa shape index (κ1) is 29.3. The zero-order valence-corrected chi connectivity index (χ0v) is 22.9. The second-order valence-corrected chi connectivity index (χ2v) is 21.7. The van der Waals surface area contributed by atoms with Gasteiger partial charge >= 0.3 is 20.5 Å². The van der Waals surface area contributed by atoms with E-state index in [1.54, 1.807) is 6.92 Å². The summed E-state index contributed by atoms with van der Waals surface area (Å²) in [6, 6.07) is -0.0274. The van der Waals surface area contributed by atoms with Crippen LogP contribution in [0.25, 0.3) is 0 Å². The van der Waals surface area contributed by atoms with Gasteiger partial charge in [0.25, 0.3) is 0 Å². The number of hydrogen-bond acceptors (Lipinski definition) is 10. The Morgan fingerprint density at radius 1 is 0.875 bits per heavy atom. The molecule has 0 aromatic carbocycles. The average molecular weight is 515 g/mol.